The molecule has 0 fully saturated rings. The zero-order chi connectivity index (χ0) is 17.8. The minimum absolute atomic E-state index is 0.0216. The lowest BCUT2D eigenvalue weighted by molar-refractivity contribution is -0.121. The topological polar surface area (TPSA) is 45.7 Å². The number of rotatable bonds is 7. The Morgan fingerprint density at radius 3 is 2.96 bits per heavy atom. The van der Waals surface area contributed by atoms with E-state index in [0.29, 0.717) is 6.54 Å². The first-order chi connectivity index (χ1) is 12.1. The first kappa shape index (κ1) is 17.9. The van der Waals surface area contributed by atoms with Crippen LogP contribution in [0.25, 0.3) is 11.3 Å². The molecule has 2 heterocycles. The SMILES string of the molecule is CCCc1nc(-c2ccc3c(c2)N(CCCN(C)C)C(=O)CO3)cs1. The quantitative estimate of drug-likeness (QED) is 0.760. The van der Waals surface area contributed by atoms with E-state index >= 15 is 0 Å². The van der Waals surface area contributed by atoms with Gasteiger partial charge in [0, 0.05) is 17.5 Å². The third-order valence-electron chi connectivity index (χ3n) is 4.20. The predicted molar refractivity (Wildman–Crippen MR) is 103 cm³/mol. The van der Waals surface area contributed by atoms with E-state index in [0.717, 1.165) is 53.5 Å². The van der Waals surface area contributed by atoms with Crippen LogP contribution < -0.4 is 9.64 Å². The Hall–Kier alpha value is -1.92. The van der Waals surface area contributed by atoms with Gasteiger partial charge in [0.2, 0.25) is 0 Å². The van der Waals surface area contributed by atoms with Crippen LogP contribution in [0, 0.1) is 0 Å². The van der Waals surface area contributed by atoms with Gasteiger partial charge in [0.25, 0.3) is 5.91 Å². The van der Waals surface area contributed by atoms with Gasteiger partial charge in [0.15, 0.2) is 6.61 Å². The number of hydrogen-bond donors (Lipinski definition) is 0. The van der Waals surface area contributed by atoms with E-state index in [1.54, 1.807) is 11.3 Å². The number of anilines is 1. The summed E-state index contributed by atoms with van der Waals surface area (Å²) >= 11 is 1.70. The highest BCUT2D eigenvalue weighted by Crippen LogP contribution is 2.36. The second-order valence-electron chi connectivity index (χ2n) is 6.55. The van der Waals surface area contributed by atoms with Crippen molar-refractivity contribution in [2.24, 2.45) is 0 Å². The van der Waals surface area contributed by atoms with Gasteiger partial charge < -0.3 is 14.5 Å². The molecule has 2 aromatic rings. The minimum atomic E-state index is 0.0216. The molecule has 0 unspecified atom stereocenters. The number of aromatic nitrogens is 1. The van der Waals surface area contributed by atoms with Gasteiger partial charge in [-0.15, -0.1) is 11.3 Å². The molecule has 0 spiro atoms. The van der Waals surface area contributed by atoms with Gasteiger partial charge in [-0.3, -0.25) is 4.79 Å². The van der Waals surface area contributed by atoms with Crippen molar-refractivity contribution < 1.29 is 9.53 Å². The maximum atomic E-state index is 12.3. The standard InChI is InChI=1S/C19H25N3O2S/c1-4-6-18-20-15(13-25-18)14-7-8-17-16(11-14)22(19(23)12-24-17)10-5-9-21(2)3/h7-8,11,13H,4-6,9-10,12H2,1-3H3. The Labute approximate surface area is 153 Å². The van der Waals surface area contributed by atoms with E-state index < -0.39 is 0 Å². The summed E-state index contributed by atoms with van der Waals surface area (Å²) in [6, 6.07) is 6.01. The molecular formula is C19H25N3O2S. The molecule has 0 saturated carbocycles. The van der Waals surface area contributed by atoms with Gasteiger partial charge in [-0.2, -0.15) is 0 Å². The first-order valence-corrected chi connectivity index (χ1v) is 9.63. The summed E-state index contributed by atoms with van der Waals surface area (Å²) in [5, 5.41) is 3.25. The molecule has 0 atom stereocenters. The second-order valence-corrected chi connectivity index (χ2v) is 7.49. The van der Waals surface area contributed by atoms with Crippen LogP contribution in [0.4, 0.5) is 5.69 Å². The average Bonchev–Trinajstić information content (AvgIpc) is 3.05. The third kappa shape index (κ3) is 4.19. The molecule has 6 heteroatoms. The molecule has 1 amide bonds. The van der Waals surface area contributed by atoms with Crippen LogP contribution in [0.2, 0.25) is 0 Å². The summed E-state index contributed by atoms with van der Waals surface area (Å²) in [6.07, 6.45) is 3.03. The molecular weight excluding hydrogens is 334 g/mol. The molecule has 1 aromatic carbocycles. The van der Waals surface area contributed by atoms with Gasteiger partial charge >= 0.3 is 0 Å². The largest absolute Gasteiger partial charge is 0.482 e. The van der Waals surface area contributed by atoms with Crippen molar-refractivity contribution in [2.45, 2.75) is 26.2 Å². The van der Waals surface area contributed by atoms with Crippen molar-refractivity contribution in [3.63, 3.8) is 0 Å². The molecule has 134 valence electrons. The lowest BCUT2D eigenvalue weighted by atomic mass is 10.1. The van der Waals surface area contributed by atoms with Gasteiger partial charge in [0.05, 0.1) is 16.4 Å². The fraction of sp³-hybridized carbons (Fsp3) is 0.474. The summed E-state index contributed by atoms with van der Waals surface area (Å²) in [7, 11) is 4.09. The van der Waals surface area contributed by atoms with E-state index in [2.05, 4.69) is 17.2 Å². The summed E-state index contributed by atoms with van der Waals surface area (Å²) in [6.45, 7) is 3.93. The average molecular weight is 359 g/mol. The van der Waals surface area contributed by atoms with Crippen LogP contribution in [0.5, 0.6) is 5.75 Å². The number of benzene rings is 1. The molecule has 0 radical (unpaired) electrons. The fourth-order valence-electron chi connectivity index (χ4n) is 2.92. The molecule has 3 rings (SSSR count). The number of amides is 1. The van der Waals surface area contributed by atoms with E-state index in [1.807, 2.05) is 37.2 Å². The van der Waals surface area contributed by atoms with Crippen molar-refractivity contribution in [1.82, 2.24) is 9.88 Å². The van der Waals surface area contributed by atoms with Gasteiger partial charge in [-0.1, -0.05) is 6.92 Å². The lowest BCUT2D eigenvalue weighted by Crippen LogP contribution is -2.40. The van der Waals surface area contributed by atoms with E-state index in [1.165, 1.54) is 0 Å². The fourth-order valence-corrected chi connectivity index (χ4v) is 3.83. The number of hydrogen-bond acceptors (Lipinski definition) is 5. The molecule has 1 aliphatic heterocycles. The zero-order valence-corrected chi connectivity index (χ0v) is 15.9. The molecule has 1 aliphatic rings. The minimum Gasteiger partial charge on any atom is -0.482 e. The van der Waals surface area contributed by atoms with Gasteiger partial charge in [-0.25, -0.2) is 4.98 Å². The van der Waals surface area contributed by atoms with Crippen molar-refractivity contribution >= 4 is 22.9 Å². The van der Waals surface area contributed by atoms with Crippen LogP contribution in [0.15, 0.2) is 23.6 Å². The number of aryl methyl sites for hydroxylation is 1. The Kier molecular flexibility index (Phi) is 5.71. The monoisotopic (exact) mass is 359 g/mol. The van der Waals surface area contributed by atoms with E-state index in [-0.39, 0.29) is 12.5 Å². The van der Waals surface area contributed by atoms with Crippen LogP contribution in [-0.2, 0) is 11.2 Å². The normalized spacial score (nSPS) is 13.9. The molecule has 5 nitrogen and oxygen atoms in total. The van der Waals surface area contributed by atoms with Gasteiger partial charge in [0.1, 0.15) is 5.75 Å². The van der Waals surface area contributed by atoms with Gasteiger partial charge in [-0.05, 0) is 58.1 Å². The number of thiazole rings is 1. The number of carbonyl (C=O) groups is 1. The number of ether oxygens (including phenoxy) is 1. The Morgan fingerprint density at radius 2 is 2.20 bits per heavy atom. The first-order valence-electron chi connectivity index (χ1n) is 8.75. The number of nitrogens with zero attached hydrogens (tertiary/aromatic N) is 3. The summed E-state index contributed by atoms with van der Waals surface area (Å²) in [5.41, 5.74) is 2.87. The Balaban J connectivity index is 1.85. The molecule has 0 saturated heterocycles. The maximum Gasteiger partial charge on any atom is 0.265 e. The predicted octanol–water partition coefficient (Wildman–Crippen LogP) is 3.44. The Bertz CT molecular complexity index is 742. The summed E-state index contributed by atoms with van der Waals surface area (Å²) in [5.74, 6) is 0.797. The summed E-state index contributed by atoms with van der Waals surface area (Å²) < 4.78 is 5.61. The van der Waals surface area contributed by atoms with E-state index in [9.17, 15) is 4.79 Å². The van der Waals surface area contributed by atoms with E-state index in [4.69, 9.17) is 9.72 Å². The highest BCUT2D eigenvalue weighted by Gasteiger charge is 2.25. The smallest absolute Gasteiger partial charge is 0.265 e. The zero-order valence-electron chi connectivity index (χ0n) is 15.1. The number of fused-ring (bicyclic) bond motifs is 1. The molecule has 0 N–H and O–H groups in total. The van der Waals surface area contributed by atoms with Crippen LogP contribution in [-0.4, -0.2) is 49.6 Å². The highest BCUT2D eigenvalue weighted by molar-refractivity contribution is 7.09. The third-order valence-corrected chi connectivity index (χ3v) is 5.11. The highest BCUT2D eigenvalue weighted by atomic mass is 32.1. The maximum absolute atomic E-state index is 12.3. The second kappa shape index (κ2) is 7.97. The van der Waals surface area contributed by atoms with Crippen molar-refractivity contribution in [2.75, 3.05) is 38.7 Å². The van der Waals surface area contributed by atoms with Crippen molar-refractivity contribution in [3.05, 3.63) is 28.6 Å². The van der Waals surface area contributed by atoms with Crippen LogP contribution >= 0.6 is 11.3 Å². The van der Waals surface area contributed by atoms with Crippen molar-refractivity contribution in [3.8, 4) is 17.0 Å². The van der Waals surface area contributed by atoms with Crippen LogP contribution in [0.1, 0.15) is 24.8 Å². The van der Waals surface area contributed by atoms with Crippen LogP contribution in [0.3, 0.4) is 0 Å². The molecule has 1 aromatic heterocycles. The summed E-state index contributed by atoms with van der Waals surface area (Å²) in [4.78, 5) is 21.0. The molecule has 0 aliphatic carbocycles. The number of carbonyl (C=O) groups excluding carboxylic acids is 1. The molecule has 0 bridgehead atoms. The molecule has 25 heavy (non-hydrogen) atoms. The van der Waals surface area contributed by atoms with Crippen molar-refractivity contribution in [1.29, 1.82) is 0 Å². The lowest BCUT2D eigenvalue weighted by Gasteiger charge is -2.30. The Morgan fingerprint density at radius 1 is 1.36 bits per heavy atom.